The highest BCUT2D eigenvalue weighted by atomic mass is 32.2. The number of phenols is 1. The molecule has 2 aliphatic rings. The van der Waals surface area contributed by atoms with Crippen LogP contribution in [0.15, 0.2) is 56.9 Å². The number of aliphatic imine (C=N–C) groups is 2. The molecule has 0 amide bonds. The lowest BCUT2D eigenvalue weighted by Gasteiger charge is -2.42. The summed E-state index contributed by atoms with van der Waals surface area (Å²) in [7, 11) is 0. The summed E-state index contributed by atoms with van der Waals surface area (Å²) in [4.78, 5) is 11.7. The van der Waals surface area contributed by atoms with Crippen molar-refractivity contribution in [3.8, 4) is 5.75 Å². The molecule has 186 valence electrons. The number of aromatic hydroxyl groups is 1. The fourth-order valence-electron chi connectivity index (χ4n) is 3.39. The number of amidine groups is 1. The van der Waals surface area contributed by atoms with E-state index in [1.54, 1.807) is 29.2 Å². The Morgan fingerprint density at radius 2 is 1.89 bits per heavy atom. The number of phenolic OH excluding ortho intramolecular Hbond substituents is 1. The molecule has 2 N–H and O–H groups in total. The number of hydrazine groups is 1. The number of benzene rings is 1. The molecule has 2 aromatic rings. The highest BCUT2D eigenvalue weighted by Gasteiger charge is 2.44. The van der Waals surface area contributed by atoms with Crippen molar-refractivity contribution in [3.05, 3.63) is 52.2 Å². The van der Waals surface area contributed by atoms with Crippen LogP contribution in [0.1, 0.15) is 58.1 Å². The van der Waals surface area contributed by atoms with Gasteiger partial charge in [-0.3, -0.25) is 5.43 Å². The zero-order valence-corrected chi connectivity index (χ0v) is 23.4. The van der Waals surface area contributed by atoms with Gasteiger partial charge in [0.25, 0.3) is 0 Å². The predicted molar refractivity (Wildman–Crippen MR) is 152 cm³/mol. The van der Waals surface area contributed by atoms with Gasteiger partial charge in [0, 0.05) is 34.2 Å². The second kappa shape index (κ2) is 9.91. The number of hydrogen-bond acceptors (Lipinski definition) is 7. The number of nitrogens with zero attached hydrogens (tertiary/aromatic N) is 5. The largest absolute Gasteiger partial charge is 0.508 e. The molecule has 1 atom stereocenters. The average Bonchev–Trinajstić information content (AvgIpc) is 3.43. The number of hydrazone groups is 1. The van der Waals surface area contributed by atoms with Gasteiger partial charge >= 0.3 is 0 Å². The van der Waals surface area contributed by atoms with Crippen molar-refractivity contribution in [1.82, 2.24) is 15.4 Å². The maximum absolute atomic E-state index is 10.9. The van der Waals surface area contributed by atoms with E-state index >= 15 is 0 Å². The van der Waals surface area contributed by atoms with Crippen LogP contribution in [-0.4, -0.2) is 42.8 Å². The molecular weight excluding hydrogens is 497 g/mol. The summed E-state index contributed by atoms with van der Waals surface area (Å²) >= 11 is 9.03. The van der Waals surface area contributed by atoms with E-state index in [1.807, 2.05) is 28.2 Å². The molecule has 2 aliphatic heterocycles. The minimum absolute atomic E-state index is 0.150. The van der Waals surface area contributed by atoms with Crippen LogP contribution in [0.2, 0.25) is 0 Å². The highest BCUT2D eigenvalue weighted by molar-refractivity contribution is 8.27. The number of thioether (sulfide) groups is 1. The lowest BCUT2D eigenvalue weighted by molar-refractivity contribution is 0.129. The van der Waals surface area contributed by atoms with Gasteiger partial charge in [-0.25, -0.2) is 15.0 Å². The fourth-order valence-corrected chi connectivity index (χ4v) is 5.15. The van der Waals surface area contributed by atoms with E-state index in [1.165, 1.54) is 4.88 Å². The van der Waals surface area contributed by atoms with Crippen LogP contribution in [-0.2, 0) is 6.42 Å². The molecule has 4 rings (SSSR count). The molecule has 3 heterocycles. The molecule has 10 heteroatoms. The zero-order valence-electron chi connectivity index (χ0n) is 20.9. The average molecular weight is 529 g/mol. The first-order valence-corrected chi connectivity index (χ1v) is 13.7. The molecule has 0 saturated carbocycles. The molecule has 0 spiro atoms. The summed E-state index contributed by atoms with van der Waals surface area (Å²) in [6.07, 6.45) is 0.308. The minimum atomic E-state index is -0.517. The minimum Gasteiger partial charge on any atom is -0.508 e. The molecule has 0 radical (unpaired) electrons. The molecular formula is C25H32N6OS3. The Morgan fingerprint density at radius 3 is 2.51 bits per heavy atom. The van der Waals surface area contributed by atoms with Crippen LogP contribution in [0, 0.1) is 10.8 Å². The quantitative estimate of drug-likeness (QED) is 0.463. The Labute approximate surface area is 221 Å². The summed E-state index contributed by atoms with van der Waals surface area (Å²) in [5.74, 6) is 0.695. The summed E-state index contributed by atoms with van der Waals surface area (Å²) in [5, 5.41) is 23.3. The van der Waals surface area contributed by atoms with Gasteiger partial charge < -0.3 is 5.11 Å². The van der Waals surface area contributed by atoms with Gasteiger partial charge in [-0.1, -0.05) is 78.0 Å². The molecule has 0 saturated heterocycles. The number of guanidine groups is 1. The van der Waals surface area contributed by atoms with Gasteiger partial charge in [-0.15, -0.1) is 11.3 Å². The van der Waals surface area contributed by atoms with Crippen molar-refractivity contribution >= 4 is 56.5 Å². The monoisotopic (exact) mass is 528 g/mol. The number of thiophene rings is 1. The zero-order chi connectivity index (χ0) is 25.4. The van der Waals surface area contributed by atoms with E-state index < -0.39 is 6.17 Å². The van der Waals surface area contributed by atoms with Crippen LogP contribution in [0.3, 0.4) is 0 Å². The third kappa shape index (κ3) is 5.70. The Balaban J connectivity index is 1.80. The number of rotatable bonds is 5. The molecule has 1 aromatic carbocycles. The van der Waals surface area contributed by atoms with Gasteiger partial charge in [0.05, 0.1) is 4.99 Å². The van der Waals surface area contributed by atoms with Gasteiger partial charge in [-0.05, 0) is 29.3 Å². The third-order valence-electron chi connectivity index (χ3n) is 5.42. The smallest absolute Gasteiger partial charge is 0.244 e. The second-order valence-corrected chi connectivity index (χ2v) is 12.9. The standard InChI is InChI=1S/C25H32N6OS3/c1-24(2,3)20(33)28-30-19(17-11-7-8-12-18(17)32)31-23(35-21(29-31)25(4,5)6)27-22(30)26-14-13-16-10-9-15-34-16/h7-12,15,19,32H,13-14H2,1-6H3,(H,28,33). The number of hydrogen-bond donors (Lipinski definition) is 2. The van der Waals surface area contributed by atoms with Crippen LogP contribution in [0.4, 0.5) is 0 Å². The first-order valence-electron chi connectivity index (χ1n) is 11.5. The van der Waals surface area contributed by atoms with Crippen molar-refractivity contribution in [1.29, 1.82) is 0 Å². The van der Waals surface area contributed by atoms with E-state index in [2.05, 4.69) is 64.5 Å². The first kappa shape index (κ1) is 25.7. The SMILES string of the molecule is CC(C)(C)C(=S)NN1C(=NCCc2cccs2)N=C2SC(C(C)(C)C)=NN2C1c1ccccc1O. The van der Waals surface area contributed by atoms with E-state index in [0.717, 1.165) is 16.6 Å². The summed E-state index contributed by atoms with van der Waals surface area (Å²) in [5.41, 5.74) is 3.66. The summed E-state index contributed by atoms with van der Waals surface area (Å²) in [6, 6.07) is 11.5. The summed E-state index contributed by atoms with van der Waals surface area (Å²) < 4.78 is 0. The van der Waals surface area contributed by atoms with E-state index in [4.69, 9.17) is 27.3 Å². The predicted octanol–water partition coefficient (Wildman–Crippen LogP) is 6.01. The lowest BCUT2D eigenvalue weighted by Crippen LogP contribution is -2.56. The maximum Gasteiger partial charge on any atom is 0.244 e. The normalized spacial score (nSPS) is 19.5. The van der Waals surface area contributed by atoms with Crippen molar-refractivity contribution in [2.45, 2.75) is 54.1 Å². The van der Waals surface area contributed by atoms with Crippen LogP contribution in [0.5, 0.6) is 5.75 Å². The van der Waals surface area contributed by atoms with Gasteiger partial charge in [0.15, 0.2) is 11.3 Å². The lowest BCUT2D eigenvalue weighted by atomic mass is 9.97. The highest BCUT2D eigenvalue weighted by Crippen LogP contribution is 2.42. The molecule has 0 fully saturated rings. The van der Waals surface area contributed by atoms with Crippen molar-refractivity contribution in [2.75, 3.05) is 6.54 Å². The topological polar surface area (TPSA) is 75.8 Å². The molecule has 35 heavy (non-hydrogen) atoms. The number of thiocarbonyl (C=S) groups is 1. The first-order chi connectivity index (χ1) is 16.4. The van der Waals surface area contributed by atoms with E-state index in [-0.39, 0.29) is 16.6 Å². The Bertz CT molecular complexity index is 1170. The van der Waals surface area contributed by atoms with Gasteiger partial charge in [0.2, 0.25) is 5.96 Å². The van der Waals surface area contributed by atoms with Gasteiger partial charge in [0.1, 0.15) is 10.8 Å². The maximum atomic E-state index is 10.9. The Hall–Kier alpha value is -2.43. The molecule has 7 nitrogen and oxygen atoms in total. The van der Waals surface area contributed by atoms with Crippen LogP contribution < -0.4 is 5.43 Å². The van der Waals surface area contributed by atoms with Crippen molar-refractivity contribution < 1.29 is 5.11 Å². The molecule has 0 aliphatic carbocycles. The molecule has 1 aromatic heterocycles. The fraction of sp³-hybridized carbons (Fsp3) is 0.440. The van der Waals surface area contributed by atoms with E-state index in [9.17, 15) is 5.11 Å². The third-order valence-corrected chi connectivity index (χ3v) is 8.41. The molecule has 1 unspecified atom stereocenters. The number of nitrogens with one attached hydrogen (secondary N) is 1. The number of para-hydroxylation sites is 1. The summed E-state index contributed by atoms with van der Waals surface area (Å²) in [6.45, 7) is 13.2. The van der Waals surface area contributed by atoms with Crippen molar-refractivity contribution in [3.63, 3.8) is 0 Å². The van der Waals surface area contributed by atoms with Crippen LogP contribution in [0.25, 0.3) is 0 Å². The van der Waals surface area contributed by atoms with Crippen molar-refractivity contribution in [2.24, 2.45) is 25.9 Å². The van der Waals surface area contributed by atoms with Crippen LogP contribution >= 0.6 is 35.3 Å². The molecule has 0 bridgehead atoms. The Kier molecular flexibility index (Phi) is 7.26. The van der Waals surface area contributed by atoms with E-state index in [0.29, 0.717) is 23.1 Å². The second-order valence-electron chi connectivity index (χ2n) is 10.5. The van der Waals surface area contributed by atoms with Gasteiger partial charge in [-0.2, -0.15) is 10.1 Å². The Morgan fingerprint density at radius 1 is 1.14 bits per heavy atom. The number of fused-ring (bicyclic) bond motifs is 1.